The Labute approximate surface area is 94.7 Å². The Hall–Kier alpha value is -0.660. The van der Waals surface area contributed by atoms with E-state index in [1.807, 2.05) is 0 Å². The van der Waals surface area contributed by atoms with Crippen LogP contribution in [0.15, 0.2) is 0 Å². The molecule has 2 fully saturated rings. The minimum atomic E-state index is -3.63. The lowest BCUT2D eigenvalue weighted by Crippen LogP contribution is -2.47. The maximum absolute atomic E-state index is 12.0. The van der Waals surface area contributed by atoms with Gasteiger partial charge in [0.15, 0.2) is 5.25 Å². The van der Waals surface area contributed by atoms with Crippen LogP contribution in [0.5, 0.6) is 0 Å². The van der Waals surface area contributed by atoms with Gasteiger partial charge < -0.3 is 10.4 Å². The van der Waals surface area contributed by atoms with Gasteiger partial charge in [0, 0.05) is 19.1 Å². The van der Waals surface area contributed by atoms with Crippen molar-refractivity contribution in [3.8, 4) is 0 Å². The van der Waals surface area contributed by atoms with E-state index in [0.29, 0.717) is 13.1 Å². The average Bonchev–Trinajstić information content (AvgIpc) is 2.55. The van der Waals surface area contributed by atoms with Crippen molar-refractivity contribution in [2.24, 2.45) is 0 Å². The van der Waals surface area contributed by atoms with Crippen LogP contribution in [0.1, 0.15) is 19.3 Å². The zero-order chi connectivity index (χ0) is 11.8. The molecule has 0 spiro atoms. The zero-order valence-electron chi connectivity index (χ0n) is 8.92. The van der Waals surface area contributed by atoms with E-state index >= 15 is 0 Å². The topological polar surface area (TPSA) is 86.7 Å². The van der Waals surface area contributed by atoms with E-state index in [2.05, 4.69) is 5.32 Å². The molecule has 2 aliphatic heterocycles. The van der Waals surface area contributed by atoms with Crippen LogP contribution < -0.4 is 5.32 Å². The van der Waals surface area contributed by atoms with Gasteiger partial charge >= 0.3 is 5.97 Å². The summed E-state index contributed by atoms with van der Waals surface area (Å²) in [7, 11) is -3.63. The van der Waals surface area contributed by atoms with Gasteiger partial charge in [-0.15, -0.1) is 0 Å². The second-order valence-corrected chi connectivity index (χ2v) is 6.34. The summed E-state index contributed by atoms with van der Waals surface area (Å²) in [5.41, 5.74) is 0. The fourth-order valence-corrected chi connectivity index (χ4v) is 4.34. The van der Waals surface area contributed by atoms with E-state index in [1.54, 1.807) is 0 Å². The van der Waals surface area contributed by atoms with Gasteiger partial charge in [-0.25, -0.2) is 8.42 Å². The number of rotatable bonds is 2. The number of sulfonamides is 1. The summed E-state index contributed by atoms with van der Waals surface area (Å²) in [5.74, 6) is -1.23. The summed E-state index contributed by atoms with van der Waals surface area (Å²) in [5, 5.41) is 10.7. The molecule has 0 aromatic rings. The molecule has 2 heterocycles. The van der Waals surface area contributed by atoms with Gasteiger partial charge in [-0.05, 0) is 25.8 Å². The Kier molecular flexibility index (Phi) is 3.18. The molecule has 7 heteroatoms. The monoisotopic (exact) mass is 248 g/mol. The molecule has 2 unspecified atom stereocenters. The van der Waals surface area contributed by atoms with Crippen LogP contribution in [0.25, 0.3) is 0 Å². The molecule has 0 aliphatic carbocycles. The lowest BCUT2D eigenvalue weighted by molar-refractivity contribution is -0.136. The van der Waals surface area contributed by atoms with Gasteiger partial charge in [0.1, 0.15) is 0 Å². The largest absolute Gasteiger partial charge is 0.480 e. The van der Waals surface area contributed by atoms with Crippen molar-refractivity contribution < 1.29 is 18.3 Å². The van der Waals surface area contributed by atoms with Crippen LogP contribution in [0.3, 0.4) is 0 Å². The molecule has 0 saturated carbocycles. The highest BCUT2D eigenvalue weighted by atomic mass is 32.2. The van der Waals surface area contributed by atoms with Crippen molar-refractivity contribution in [2.75, 3.05) is 19.6 Å². The van der Waals surface area contributed by atoms with Crippen LogP contribution in [0.2, 0.25) is 0 Å². The van der Waals surface area contributed by atoms with Gasteiger partial charge in [0.25, 0.3) is 0 Å². The van der Waals surface area contributed by atoms with Crippen LogP contribution >= 0.6 is 0 Å². The molecule has 0 bridgehead atoms. The van der Waals surface area contributed by atoms with Gasteiger partial charge in [-0.1, -0.05) is 0 Å². The number of aliphatic carboxylic acids is 1. The highest BCUT2D eigenvalue weighted by molar-refractivity contribution is 7.90. The third kappa shape index (κ3) is 1.94. The molecule has 2 rings (SSSR count). The van der Waals surface area contributed by atoms with Gasteiger partial charge in [-0.2, -0.15) is 4.31 Å². The van der Waals surface area contributed by atoms with E-state index < -0.39 is 21.2 Å². The molecular weight excluding hydrogens is 232 g/mol. The van der Waals surface area contributed by atoms with Crippen molar-refractivity contribution >= 4 is 16.0 Å². The highest BCUT2D eigenvalue weighted by Gasteiger charge is 2.46. The first-order valence-electron chi connectivity index (χ1n) is 5.47. The van der Waals surface area contributed by atoms with E-state index in [4.69, 9.17) is 5.11 Å². The predicted molar refractivity (Wildman–Crippen MR) is 57.6 cm³/mol. The van der Waals surface area contributed by atoms with E-state index in [-0.39, 0.29) is 12.5 Å². The fourth-order valence-electron chi connectivity index (χ4n) is 2.40. The molecule has 2 N–H and O–H groups in total. The molecule has 6 nitrogen and oxygen atoms in total. The molecule has 0 aromatic carbocycles. The Morgan fingerprint density at radius 1 is 1.38 bits per heavy atom. The predicted octanol–water partition coefficient (Wildman–Crippen LogP) is -0.773. The third-order valence-electron chi connectivity index (χ3n) is 3.25. The summed E-state index contributed by atoms with van der Waals surface area (Å²) in [6.45, 7) is 1.88. The van der Waals surface area contributed by atoms with E-state index in [1.165, 1.54) is 4.31 Å². The number of nitrogens with zero attached hydrogens (tertiary/aromatic N) is 1. The summed E-state index contributed by atoms with van der Waals surface area (Å²) >= 11 is 0. The number of carbonyl (C=O) groups is 1. The Balaban J connectivity index is 2.15. The smallest absolute Gasteiger partial charge is 0.323 e. The van der Waals surface area contributed by atoms with Gasteiger partial charge in [0.2, 0.25) is 10.0 Å². The molecule has 2 aliphatic rings. The maximum atomic E-state index is 12.0. The highest BCUT2D eigenvalue weighted by Crippen LogP contribution is 2.26. The number of hydrogen-bond donors (Lipinski definition) is 2. The first-order valence-corrected chi connectivity index (χ1v) is 6.98. The van der Waals surface area contributed by atoms with Crippen molar-refractivity contribution in [3.63, 3.8) is 0 Å². The first-order chi connectivity index (χ1) is 7.53. The molecule has 0 amide bonds. The van der Waals surface area contributed by atoms with Crippen LogP contribution in [-0.2, 0) is 14.8 Å². The molecule has 16 heavy (non-hydrogen) atoms. The molecule has 0 radical (unpaired) electrons. The number of piperidine rings is 1. The number of hydrogen-bond acceptors (Lipinski definition) is 4. The molecule has 2 atom stereocenters. The lowest BCUT2D eigenvalue weighted by Gasteiger charge is -2.30. The lowest BCUT2D eigenvalue weighted by atomic mass is 10.1. The molecule has 0 aromatic heterocycles. The minimum absolute atomic E-state index is 0.0666. The Morgan fingerprint density at radius 3 is 2.62 bits per heavy atom. The van der Waals surface area contributed by atoms with Crippen molar-refractivity contribution in [3.05, 3.63) is 0 Å². The van der Waals surface area contributed by atoms with Crippen molar-refractivity contribution in [2.45, 2.75) is 30.6 Å². The Morgan fingerprint density at radius 2 is 2.12 bits per heavy atom. The summed E-state index contributed by atoms with van der Waals surface area (Å²) in [4.78, 5) is 10.8. The third-order valence-corrected chi connectivity index (χ3v) is 5.54. The number of carboxylic acids is 1. The summed E-state index contributed by atoms with van der Waals surface area (Å²) < 4.78 is 25.3. The SMILES string of the molecule is O=C(O)C1CCN(C2CCCNC2)S1(=O)=O. The van der Waals surface area contributed by atoms with Gasteiger partial charge in [0.05, 0.1) is 0 Å². The number of carboxylic acid groups (broad SMARTS) is 1. The second kappa shape index (κ2) is 4.31. The minimum Gasteiger partial charge on any atom is -0.480 e. The van der Waals surface area contributed by atoms with Crippen LogP contribution in [0.4, 0.5) is 0 Å². The Bertz CT molecular complexity index is 375. The quantitative estimate of drug-likeness (QED) is 0.670. The average molecular weight is 248 g/mol. The van der Waals surface area contributed by atoms with E-state index in [9.17, 15) is 13.2 Å². The maximum Gasteiger partial charge on any atom is 0.323 e. The van der Waals surface area contributed by atoms with Crippen LogP contribution in [0, 0.1) is 0 Å². The van der Waals surface area contributed by atoms with Crippen LogP contribution in [-0.4, -0.2) is 54.7 Å². The summed E-state index contributed by atoms with van der Waals surface area (Å²) in [6, 6.07) is -0.0666. The van der Waals surface area contributed by atoms with Crippen molar-refractivity contribution in [1.82, 2.24) is 9.62 Å². The second-order valence-electron chi connectivity index (χ2n) is 4.27. The fraction of sp³-hybridized carbons (Fsp3) is 0.889. The van der Waals surface area contributed by atoms with Gasteiger partial charge in [-0.3, -0.25) is 4.79 Å². The number of nitrogens with one attached hydrogen (secondary N) is 1. The summed E-state index contributed by atoms with van der Waals surface area (Å²) in [6.07, 6.45) is 1.96. The zero-order valence-corrected chi connectivity index (χ0v) is 9.74. The molecule has 2 saturated heterocycles. The first kappa shape index (κ1) is 11.8. The standard InChI is InChI=1S/C9H16N2O4S/c12-9(13)8-3-5-11(16(8,14)15)7-2-1-4-10-6-7/h7-8,10H,1-6H2,(H,12,13). The molecule has 92 valence electrons. The van der Waals surface area contributed by atoms with Crippen molar-refractivity contribution in [1.29, 1.82) is 0 Å². The molecular formula is C9H16N2O4S. The van der Waals surface area contributed by atoms with E-state index in [0.717, 1.165) is 19.4 Å². The normalized spacial score (nSPS) is 35.0.